The van der Waals surface area contributed by atoms with E-state index in [0.29, 0.717) is 31.8 Å². The second-order valence-corrected chi connectivity index (χ2v) is 6.84. The molecular formula is C21H27N3O3. The number of amides is 1. The molecule has 1 aromatic heterocycles. The van der Waals surface area contributed by atoms with Gasteiger partial charge in [0.2, 0.25) is 0 Å². The van der Waals surface area contributed by atoms with E-state index in [4.69, 9.17) is 4.74 Å². The summed E-state index contributed by atoms with van der Waals surface area (Å²) < 4.78 is 7.04. The van der Waals surface area contributed by atoms with Gasteiger partial charge in [-0.3, -0.25) is 14.3 Å². The zero-order valence-corrected chi connectivity index (χ0v) is 16.1. The molecule has 1 aromatic carbocycles. The summed E-state index contributed by atoms with van der Waals surface area (Å²) in [6.07, 6.45) is 3.98. The van der Waals surface area contributed by atoms with Crippen LogP contribution >= 0.6 is 0 Å². The topological polar surface area (TPSA) is 64.4 Å². The summed E-state index contributed by atoms with van der Waals surface area (Å²) >= 11 is 0. The molecule has 144 valence electrons. The lowest BCUT2D eigenvalue weighted by Crippen LogP contribution is -2.43. The number of esters is 1. The Morgan fingerprint density at radius 2 is 2.00 bits per heavy atom. The molecule has 6 nitrogen and oxygen atoms in total. The molecule has 1 fully saturated rings. The van der Waals surface area contributed by atoms with Crippen LogP contribution in [0.25, 0.3) is 0 Å². The quantitative estimate of drug-likeness (QED) is 0.735. The zero-order chi connectivity index (χ0) is 19.2. The fourth-order valence-corrected chi connectivity index (χ4v) is 3.64. The van der Waals surface area contributed by atoms with Gasteiger partial charge in [-0.25, -0.2) is 0 Å². The number of ether oxygens (including phenoxy) is 1. The standard InChI is InChI=1S/C21H27N3O3/c1-3-19-18(13-22-24(19)14-16-9-6-5-7-10-16)20(25)23-12-8-11-17(15-23)21(26)27-4-2/h5-7,9-10,13,17H,3-4,8,11-12,14-15H2,1-2H3. The van der Waals surface area contributed by atoms with Crippen LogP contribution in [0.2, 0.25) is 0 Å². The van der Waals surface area contributed by atoms with Crippen molar-refractivity contribution in [3.8, 4) is 0 Å². The molecule has 3 rings (SSSR count). The summed E-state index contributed by atoms with van der Waals surface area (Å²) in [5, 5.41) is 4.46. The lowest BCUT2D eigenvalue weighted by atomic mass is 9.97. The maximum atomic E-state index is 13.1. The SMILES string of the molecule is CCOC(=O)C1CCCN(C(=O)c2cnn(Cc3ccccc3)c2CC)C1. The van der Waals surface area contributed by atoms with Crippen LogP contribution in [0.1, 0.15) is 48.3 Å². The first-order valence-corrected chi connectivity index (χ1v) is 9.68. The van der Waals surface area contributed by atoms with Crippen molar-refractivity contribution in [2.24, 2.45) is 5.92 Å². The third kappa shape index (κ3) is 4.38. The molecule has 0 bridgehead atoms. The molecule has 2 heterocycles. The molecule has 0 N–H and O–H groups in total. The highest BCUT2D eigenvalue weighted by molar-refractivity contribution is 5.95. The van der Waals surface area contributed by atoms with Crippen LogP contribution in [0.15, 0.2) is 36.5 Å². The number of aromatic nitrogens is 2. The first-order valence-electron chi connectivity index (χ1n) is 9.68. The van der Waals surface area contributed by atoms with E-state index in [0.717, 1.165) is 30.5 Å². The average molecular weight is 369 g/mol. The van der Waals surface area contributed by atoms with Crippen molar-refractivity contribution in [1.82, 2.24) is 14.7 Å². The number of carbonyl (C=O) groups excluding carboxylic acids is 2. The van der Waals surface area contributed by atoms with Crippen LogP contribution < -0.4 is 0 Å². The van der Waals surface area contributed by atoms with Gasteiger partial charge in [0.1, 0.15) is 0 Å². The summed E-state index contributed by atoms with van der Waals surface area (Å²) in [4.78, 5) is 26.9. The fraction of sp³-hybridized carbons (Fsp3) is 0.476. The third-order valence-corrected chi connectivity index (χ3v) is 5.02. The van der Waals surface area contributed by atoms with E-state index in [1.807, 2.05) is 29.8 Å². The lowest BCUT2D eigenvalue weighted by molar-refractivity contribution is -0.149. The maximum absolute atomic E-state index is 13.1. The Balaban J connectivity index is 1.75. The first-order chi connectivity index (χ1) is 13.1. The van der Waals surface area contributed by atoms with Crippen LogP contribution in [0, 0.1) is 5.92 Å². The predicted molar refractivity (Wildman–Crippen MR) is 102 cm³/mol. The largest absolute Gasteiger partial charge is 0.466 e. The van der Waals surface area contributed by atoms with Crippen LogP contribution in [0.4, 0.5) is 0 Å². The summed E-state index contributed by atoms with van der Waals surface area (Å²) in [6, 6.07) is 10.1. The van der Waals surface area contributed by atoms with E-state index in [2.05, 4.69) is 17.2 Å². The van der Waals surface area contributed by atoms with Crippen molar-refractivity contribution in [2.45, 2.75) is 39.7 Å². The summed E-state index contributed by atoms with van der Waals surface area (Å²) in [7, 11) is 0. The predicted octanol–water partition coefficient (Wildman–Crippen LogP) is 2.91. The highest BCUT2D eigenvalue weighted by Gasteiger charge is 2.31. The maximum Gasteiger partial charge on any atom is 0.310 e. The van der Waals surface area contributed by atoms with Gasteiger partial charge in [0.05, 0.1) is 36.5 Å². The van der Waals surface area contributed by atoms with Crippen molar-refractivity contribution in [3.63, 3.8) is 0 Å². The number of likely N-dealkylation sites (tertiary alicyclic amines) is 1. The smallest absolute Gasteiger partial charge is 0.310 e. The molecule has 2 aromatic rings. The molecule has 1 saturated heterocycles. The van der Waals surface area contributed by atoms with Crippen molar-refractivity contribution < 1.29 is 14.3 Å². The molecule has 0 radical (unpaired) electrons. The van der Waals surface area contributed by atoms with Crippen LogP contribution in [-0.2, 0) is 22.5 Å². The van der Waals surface area contributed by atoms with Crippen LogP contribution in [0.3, 0.4) is 0 Å². The van der Waals surface area contributed by atoms with E-state index in [9.17, 15) is 9.59 Å². The second-order valence-electron chi connectivity index (χ2n) is 6.84. The third-order valence-electron chi connectivity index (χ3n) is 5.02. The van der Waals surface area contributed by atoms with Crippen molar-refractivity contribution >= 4 is 11.9 Å². The van der Waals surface area contributed by atoms with E-state index < -0.39 is 0 Å². The normalized spacial score (nSPS) is 17.0. The monoisotopic (exact) mass is 369 g/mol. The molecule has 1 atom stereocenters. The van der Waals surface area contributed by atoms with Gasteiger partial charge in [0.15, 0.2) is 0 Å². The van der Waals surface area contributed by atoms with Gasteiger partial charge in [0, 0.05) is 13.1 Å². The van der Waals surface area contributed by atoms with Gasteiger partial charge in [-0.2, -0.15) is 5.10 Å². The summed E-state index contributed by atoms with van der Waals surface area (Å²) in [6.45, 7) is 5.94. The minimum absolute atomic E-state index is 0.0415. The molecule has 1 unspecified atom stereocenters. The van der Waals surface area contributed by atoms with Gasteiger partial charge in [-0.15, -0.1) is 0 Å². The number of hydrogen-bond donors (Lipinski definition) is 0. The Hall–Kier alpha value is -2.63. The Kier molecular flexibility index (Phi) is 6.27. The molecule has 0 aliphatic carbocycles. The van der Waals surface area contributed by atoms with Gasteiger partial charge in [0.25, 0.3) is 5.91 Å². The second kappa shape index (κ2) is 8.84. The zero-order valence-electron chi connectivity index (χ0n) is 16.1. The van der Waals surface area contributed by atoms with Crippen molar-refractivity contribution in [1.29, 1.82) is 0 Å². The molecule has 0 spiro atoms. The highest BCUT2D eigenvalue weighted by atomic mass is 16.5. The average Bonchev–Trinajstić information content (AvgIpc) is 3.11. The van der Waals surface area contributed by atoms with Gasteiger partial charge >= 0.3 is 5.97 Å². The Morgan fingerprint density at radius 3 is 2.70 bits per heavy atom. The van der Waals surface area contributed by atoms with Crippen molar-refractivity contribution in [2.75, 3.05) is 19.7 Å². The Morgan fingerprint density at radius 1 is 1.22 bits per heavy atom. The Labute approximate surface area is 160 Å². The number of hydrogen-bond acceptors (Lipinski definition) is 4. The molecule has 1 aliphatic heterocycles. The minimum atomic E-state index is -0.230. The summed E-state index contributed by atoms with van der Waals surface area (Å²) in [5.74, 6) is -0.474. The molecule has 1 aliphatic rings. The lowest BCUT2D eigenvalue weighted by Gasteiger charge is -2.31. The number of piperidine rings is 1. The highest BCUT2D eigenvalue weighted by Crippen LogP contribution is 2.22. The fourth-order valence-electron chi connectivity index (χ4n) is 3.64. The molecular weight excluding hydrogens is 342 g/mol. The number of carbonyl (C=O) groups is 2. The van der Waals surface area contributed by atoms with Gasteiger partial charge in [-0.05, 0) is 31.7 Å². The van der Waals surface area contributed by atoms with Crippen LogP contribution in [-0.4, -0.2) is 46.3 Å². The van der Waals surface area contributed by atoms with Crippen LogP contribution in [0.5, 0.6) is 0 Å². The first kappa shape index (κ1) is 19.1. The number of rotatable bonds is 6. The minimum Gasteiger partial charge on any atom is -0.466 e. The van der Waals surface area contributed by atoms with Gasteiger partial charge in [-0.1, -0.05) is 37.3 Å². The van der Waals surface area contributed by atoms with Gasteiger partial charge < -0.3 is 9.64 Å². The number of benzene rings is 1. The van der Waals surface area contributed by atoms with E-state index in [-0.39, 0.29) is 17.8 Å². The summed E-state index contributed by atoms with van der Waals surface area (Å²) in [5.41, 5.74) is 2.72. The molecule has 0 saturated carbocycles. The molecule has 27 heavy (non-hydrogen) atoms. The number of nitrogens with zero attached hydrogens (tertiary/aromatic N) is 3. The van der Waals surface area contributed by atoms with E-state index in [1.165, 1.54) is 0 Å². The van der Waals surface area contributed by atoms with E-state index >= 15 is 0 Å². The van der Waals surface area contributed by atoms with E-state index in [1.54, 1.807) is 18.0 Å². The molecule has 1 amide bonds. The van der Waals surface area contributed by atoms with Crippen molar-refractivity contribution in [3.05, 3.63) is 53.3 Å². The molecule has 6 heteroatoms. The Bertz CT molecular complexity index is 785.